The molecular formula is C73H75ClF4N22O14. The molecule has 9 aromatic heterocycles. The van der Waals surface area contributed by atoms with Crippen molar-refractivity contribution >= 4 is 92.9 Å². The number of fused-ring (bicyclic) bond motifs is 4. The third-order valence-corrected chi connectivity index (χ3v) is 16.6. The summed E-state index contributed by atoms with van der Waals surface area (Å²) < 4.78 is 82.2. The smallest absolute Gasteiger partial charge is 0.410 e. The monoisotopic (exact) mass is 1590 g/mol. The number of H-pyrrole nitrogens is 4. The number of urea groups is 1. The third-order valence-electron chi connectivity index (χ3n) is 16.3. The van der Waals surface area contributed by atoms with Gasteiger partial charge >= 0.3 is 24.2 Å². The number of amides is 5. The van der Waals surface area contributed by atoms with E-state index in [9.17, 15) is 55.9 Å². The molecule has 4 saturated heterocycles. The van der Waals surface area contributed by atoms with Gasteiger partial charge in [-0.3, -0.25) is 23.7 Å². The summed E-state index contributed by atoms with van der Waals surface area (Å²) in [5, 5.41) is 27.4. The number of aliphatic hydroxyl groups is 1. The number of carbonyl (C=O) groups excluding carboxylic acids is 4. The number of hydrogen-bond acceptors (Lipinski definition) is 26. The van der Waals surface area contributed by atoms with Gasteiger partial charge in [0.2, 0.25) is 17.6 Å². The minimum atomic E-state index is -0.730. The first-order valence-electron chi connectivity index (χ1n) is 35.1. The van der Waals surface area contributed by atoms with Gasteiger partial charge in [-0.1, -0.05) is 11.6 Å². The maximum Gasteiger partial charge on any atom is 0.410 e. The van der Waals surface area contributed by atoms with Crippen LogP contribution in [0, 0.1) is 28.7 Å². The molecule has 5 amide bonds. The molecule has 36 nitrogen and oxygen atoms in total. The van der Waals surface area contributed by atoms with Gasteiger partial charge in [0.15, 0.2) is 22.6 Å². The van der Waals surface area contributed by atoms with Crippen LogP contribution in [0.4, 0.5) is 36.7 Å². The predicted molar refractivity (Wildman–Crippen MR) is 403 cm³/mol. The van der Waals surface area contributed by atoms with Crippen LogP contribution in [0.25, 0.3) is 44.7 Å². The van der Waals surface area contributed by atoms with Gasteiger partial charge in [-0.2, -0.15) is 20.1 Å². The van der Waals surface area contributed by atoms with Crippen LogP contribution in [-0.2, 0) is 9.47 Å². The molecule has 8 N–H and O–H groups in total. The number of carbonyl (C=O) groups is 4. The standard InChI is InChI=1S/C20H16F2N6O3.C15H18N4O4.C13H12F2N4O.C10H10N4O2.C8H15NO3.C7H4ClN3O/c21-12-5-11(6-13(22)7-12)16-3-4-24-28(16)20(30)27-9-14(10-27)31-18-2-1-15-19(26-18)25-17(29)8-23-15;1-15(2,3)23-14(21)19-7-9(8-19)22-12-5-4-10-13(18-12)17-11(20)6-16-10;14-10-5-9(6-11(15)7-10)12(1-2-16)18-13(20)19-4-3-17-8-19;15-8-5-12-7-1-2-9(14-10(7)13-8)16-6-3-11-4-6;1-8(2,3)12-7(11)9-4-6(10)5-9;8-5-2-1-4-7(10-5)11-6(12)3-9-4/h1-2,4-8,14,16H,3,9-10H2,(H,25,26,29);4-6,9H,7-8H2,1-3H3,(H,17,18,20);2-8,12,16H,1H2,(H,18,20);1-2,5-6,11H,3-4H2,(H,13,14,15);6,10H,4-5H2,1-3H3;1-3H,(H,10,11,12)/t16-;;12-;;;/m0.0.../s1. The molecule has 596 valence electrons. The van der Waals surface area contributed by atoms with Gasteiger partial charge in [0.25, 0.3) is 22.2 Å². The summed E-state index contributed by atoms with van der Waals surface area (Å²) in [6.07, 6.45) is 10.8. The van der Waals surface area contributed by atoms with Crippen LogP contribution in [0.15, 0.2) is 153 Å². The minimum absolute atomic E-state index is 0.128. The minimum Gasteiger partial charge on any atom is -0.472 e. The largest absolute Gasteiger partial charge is 0.472 e. The van der Waals surface area contributed by atoms with Gasteiger partial charge < -0.3 is 79.5 Å². The van der Waals surface area contributed by atoms with Crippen molar-refractivity contribution in [2.24, 2.45) is 5.10 Å². The zero-order chi connectivity index (χ0) is 81.5. The van der Waals surface area contributed by atoms with Crippen molar-refractivity contribution in [3.05, 3.63) is 209 Å². The molecule has 0 bridgehead atoms. The molecule has 5 aliphatic heterocycles. The Hall–Kier alpha value is -13.2. The number of nitrogens with one attached hydrogen (secondary N) is 7. The van der Waals surface area contributed by atoms with Gasteiger partial charge in [-0.25, -0.2) is 71.7 Å². The van der Waals surface area contributed by atoms with Gasteiger partial charge in [0.1, 0.15) is 86.3 Å². The summed E-state index contributed by atoms with van der Waals surface area (Å²) in [6.45, 7) is 14.9. The van der Waals surface area contributed by atoms with Crippen LogP contribution in [-0.4, -0.2) is 219 Å². The quantitative estimate of drug-likeness (QED) is 0.0358. The number of pyridine rings is 4. The van der Waals surface area contributed by atoms with E-state index in [1.54, 1.807) is 59.6 Å². The van der Waals surface area contributed by atoms with Crippen LogP contribution in [0.5, 0.6) is 17.6 Å². The number of benzene rings is 2. The van der Waals surface area contributed by atoms with Crippen LogP contribution in [0.2, 0.25) is 5.15 Å². The summed E-state index contributed by atoms with van der Waals surface area (Å²) in [7, 11) is 0. The number of likely N-dealkylation sites (tertiary alicyclic amines) is 3. The van der Waals surface area contributed by atoms with Crippen molar-refractivity contribution in [2.75, 3.05) is 52.4 Å². The normalized spacial score (nSPS) is 15.5. The lowest BCUT2D eigenvalue weighted by Crippen LogP contribution is -2.58. The molecule has 0 unspecified atom stereocenters. The molecule has 0 radical (unpaired) electrons. The lowest BCUT2D eigenvalue weighted by molar-refractivity contribution is -0.0303. The molecule has 0 spiro atoms. The molecule has 2 aromatic carbocycles. The molecule has 0 saturated carbocycles. The number of β-amino-alcohol motifs (C(OH)–C–C–N with tert-alkyl or cyclic N) is 1. The van der Waals surface area contributed by atoms with Crippen molar-refractivity contribution in [2.45, 2.75) is 102 Å². The van der Waals surface area contributed by atoms with Crippen molar-refractivity contribution < 1.29 is 65.5 Å². The molecule has 0 aliphatic carbocycles. The van der Waals surface area contributed by atoms with E-state index >= 15 is 0 Å². The molecule has 14 heterocycles. The average molecular weight is 1600 g/mol. The number of aliphatic hydroxyl groups excluding tert-OH is 1. The summed E-state index contributed by atoms with van der Waals surface area (Å²) in [5.41, 5.74) is 2.37. The fraction of sp³-hybridized carbons (Fsp3) is 0.329. The second kappa shape index (κ2) is 36.3. The van der Waals surface area contributed by atoms with Crippen molar-refractivity contribution in [3.8, 4) is 17.6 Å². The summed E-state index contributed by atoms with van der Waals surface area (Å²) in [6, 6.07) is 17.7. The highest BCUT2D eigenvalue weighted by Crippen LogP contribution is 2.32. The SMILES string of the molecule is CC(C)(C)OC(=O)N1CC(O)C1.CC(C)(C)OC(=O)N1CC(Oc2ccc3ncc(=O)[nH]c3n2)C1.N=CC[C@H](NC(=O)n1ccnc1)c1cc(F)cc(F)c1.O=C(N1CC(Oc2ccc3ncc(=O)[nH]c3n2)C1)N1N=CC[C@H]1c1cc(F)cc(F)c1.O=c1cnc2ccc(Cl)nc2[nH]1.O=c1cnc2ccc(OC3CNC3)nc2[nH]1. The maximum absolute atomic E-state index is 13.6. The number of aromatic nitrogens is 14. The van der Waals surface area contributed by atoms with E-state index in [0.717, 1.165) is 43.6 Å². The molecule has 16 rings (SSSR count). The molecule has 11 aromatic rings. The number of hydrazone groups is 1. The third kappa shape index (κ3) is 23.0. The fourth-order valence-electron chi connectivity index (χ4n) is 10.8. The van der Waals surface area contributed by atoms with E-state index in [-0.39, 0.29) is 76.9 Å². The highest BCUT2D eigenvalue weighted by molar-refractivity contribution is 6.29. The van der Waals surface area contributed by atoms with E-state index < -0.39 is 52.6 Å². The first-order valence-corrected chi connectivity index (χ1v) is 35.4. The molecule has 5 aliphatic rings. The van der Waals surface area contributed by atoms with Crippen LogP contribution in [0.1, 0.15) is 77.6 Å². The van der Waals surface area contributed by atoms with Gasteiger partial charge in [-0.15, -0.1) is 0 Å². The Kier molecular flexibility index (Phi) is 26.0. The van der Waals surface area contributed by atoms with Crippen molar-refractivity contribution in [1.82, 2.24) is 99.7 Å². The summed E-state index contributed by atoms with van der Waals surface area (Å²) >= 11 is 5.61. The number of nitrogens with zero attached hydrogens (tertiary/aromatic N) is 15. The molecular weight excluding hydrogens is 1520 g/mol. The average Bonchev–Trinajstić information content (AvgIpc) is 1.64. The summed E-state index contributed by atoms with van der Waals surface area (Å²) in [4.78, 5) is 143. The van der Waals surface area contributed by atoms with Gasteiger partial charge in [0, 0.05) is 74.9 Å². The van der Waals surface area contributed by atoms with E-state index in [0.29, 0.717) is 119 Å². The molecule has 41 heteroatoms. The fourth-order valence-corrected chi connectivity index (χ4v) is 11.0. The van der Waals surface area contributed by atoms with E-state index in [2.05, 4.69) is 80.5 Å². The van der Waals surface area contributed by atoms with E-state index in [4.69, 9.17) is 45.8 Å². The Morgan fingerprint density at radius 2 is 1.01 bits per heavy atom. The number of aromatic amines is 4. The molecule has 2 atom stereocenters. The molecule has 114 heavy (non-hydrogen) atoms. The predicted octanol–water partition coefficient (Wildman–Crippen LogP) is 7.27. The second-order valence-electron chi connectivity index (χ2n) is 27.7. The Morgan fingerprint density at radius 1 is 0.588 bits per heavy atom. The number of imidazole rings is 1. The Balaban J connectivity index is 0.000000139. The van der Waals surface area contributed by atoms with Crippen LogP contribution >= 0.6 is 11.6 Å². The first kappa shape index (κ1) is 81.7. The summed E-state index contributed by atoms with van der Waals surface area (Å²) in [5.74, 6) is -1.66. The number of halogens is 5. The second-order valence-corrected chi connectivity index (χ2v) is 28.1. The maximum atomic E-state index is 13.6. The van der Waals surface area contributed by atoms with Crippen molar-refractivity contribution in [3.63, 3.8) is 0 Å². The Bertz CT molecular complexity index is 5530. The zero-order valence-electron chi connectivity index (χ0n) is 61.7. The van der Waals surface area contributed by atoms with E-state index in [1.165, 1.54) is 75.0 Å². The Morgan fingerprint density at radius 3 is 1.42 bits per heavy atom. The highest BCUT2D eigenvalue weighted by Gasteiger charge is 2.40. The van der Waals surface area contributed by atoms with Crippen LogP contribution < -0.4 is 47.1 Å². The van der Waals surface area contributed by atoms with Gasteiger partial charge in [-0.05, 0) is 113 Å². The topological polar surface area (TPSA) is 460 Å². The first-order chi connectivity index (χ1) is 54.3. The number of hydrogen-bond donors (Lipinski definition) is 8. The Labute approximate surface area is 647 Å². The van der Waals surface area contributed by atoms with Crippen LogP contribution in [0.3, 0.4) is 0 Å². The van der Waals surface area contributed by atoms with E-state index in [1.807, 2.05) is 41.5 Å². The lowest BCUT2D eigenvalue weighted by Gasteiger charge is -2.40. The van der Waals surface area contributed by atoms with Gasteiger partial charge in [0.05, 0.1) is 82.2 Å². The lowest BCUT2D eigenvalue weighted by atomic mass is 10.0. The number of ether oxygens (including phenoxy) is 5. The zero-order valence-corrected chi connectivity index (χ0v) is 62.4. The highest BCUT2D eigenvalue weighted by atomic mass is 35.5. The number of rotatable bonds is 11. The molecule has 4 fully saturated rings. The van der Waals surface area contributed by atoms with Crippen molar-refractivity contribution in [1.29, 1.82) is 5.41 Å².